The Morgan fingerprint density at radius 3 is 2.58 bits per heavy atom. The molecule has 1 heterocycles. The first-order chi connectivity index (χ1) is 11.9. The van der Waals surface area contributed by atoms with Crippen molar-refractivity contribution in [1.82, 2.24) is 5.32 Å². The Morgan fingerprint density at radius 1 is 1.35 bits per heavy atom. The largest absolute Gasteiger partial charge is 0.452 e. The minimum atomic E-state index is -3.38. The molecule has 0 saturated heterocycles. The van der Waals surface area contributed by atoms with E-state index in [4.69, 9.17) is 4.74 Å². The molecule has 26 heavy (non-hydrogen) atoms. The molecular formula is C18H26N2O5S. The van der Waals surface area contributed by atoms with Crippen LogP contribution in [0.15, 0.2) is 18.2 Å². The smallest absolute Gasteiger partial charge is 0.338 e. The second-order valence-corrected chi connectivity index (χ2v) is 9.18. The molecule has 0 spiro atoms. The van der Waals surface area contributed by atoms with Crippen LogP contribution < -0.4 is 9.62 Å². The monoisotopic (exact) mass is 382 g/mol. The molecule has 1 aromatic carbocycles. The first-order valence-corrected chi connectivity index (χ1v) is 10.4. The molecule has 2 rings (SSSR count). The number of amides is 1. The predicted molar refractivity (Wildman–Crippen MR) is 99.7 cm³/mol. The third kappa shape index (κ3) is 4.55. The molecule has 1 aliphatic heterocycles. The summed E-state index contributed by atoms with van der Waals surface area (Å²) in [6, 6.07) is 4.56. The molecule has 0 bridgehead atoms. The van der Waals surface area contributed by atoms with Crippen molar-refractivity contribution in [2.75, 3.05) is 17.2 Å². The van der Waals surface area contributed by atoms with Crippen LogP contribution in [0, 0.1) is 0 Å². The molecule has 1 aliphatic rings. The van der Waals surface area contributed by atoms with Gasteiger partial charge in [-0.15, -0.1) is 0 Å². The number of rotatable bonds is 6. The van der Waals surface area contributed by atoms with E-state index in [2.05, 4.69) is 5.32 Å². The Balaban J connectivity index is 2.06. The van der Waals surface area contributed by atoms with Gasteiger partial charge < -0.3 is 10.1 Å². The second-order valence-electron chi connectivity index (χ2n) is 7.32. The summed E-state index contributed by atoms with van der Waals surface area (Å²) in [6.45, 7) is 7.20. The third-order valence-corrected chi connectivity index (χ3v) is 5.79. The number of fused-ring (bicyclic) bond motifs is 1. The first kappa shape index (κ1) is 20.2. The number of hydrogen-bond donors (Lipinski definition) is 1. The summed E-state index contributed by atoms with van der Waals surface area (Å²) in [5.41, 5.74) is 1.30. The molecule has 1 N–H and O–H groups in total. The van der Waals surface area contributed by atoms with Crippen molar-refractivity contribution >= 4 is 27.6 Å². The van der Waals surface area contributed by atoms with Gasteiger partial charge >= 0.3 is 5.97 Å². The summed E-state index contributed by atoms with van der Waals surface area (Å²) in [4.78, 5) is 24.1. The van der Waals surface area contributed by atoms with Crippen LogP contribution in [-0.4, -0.2) is 44.7 Å². The van der Waals surface area contributed by atoms with Crippen molar-refractivity contribution in [2.24, 2.45) is 0 Å². The van der Waals surface area contributed by atoms with Crippen LogP contribution in [0.2, 0.25) is 0 Å². The van der Waals surface area contributed by atoms with Crippen LogP contribution in [0.3, 0.4) is 0 Å². The molecule has 0 saturated carbocycles. The van der Waals surface area contributed by atoms with Crippen molar-refractivity contribution in [3.8, 4) is 0 Å². The Morgan fingerprint density at radius 2 is 2.00 bits per heavy atom. The number of carbonyl (C=O) groups excluding carboxylic acids is 2. The maximum atomic E-state index is 12.2. The highest BCUT2D eigenvalue weighted by Crippen LogP contribution is 2.34. The van der Waals surface area contributed by atoms with Gasteiger partial charge in [0.15, 0.2) is 6.61 Å². The number of hydrogen-bond acceptors (Lipinski definition) is 5. The van der Waals surface area contributed by atoms with Gasteiger partial charge in [0.25, 0.3) is 5.91 Å². The van der Waals surface area contributed by atoms with E-state index in [0.29, 0.717) is 17.7 Å². The van der Waals surface area contributed by atoms with Crippen molar-refractivity contribution in [1.29, 1.82) is 0 Å². The molecular weight excluding hydrogens is 356 g/mol. The minimum Gasteiger partial charge on any atom is -0.452 e. The zero-order valence-corrected chi connectivity index (χ0v) is 16.6. The van der Waals surface area contributed by atoms with E-state index in [-0.39, 0.29) is 24.1 Å². The number of anilines is 1. The SMILES string of the molecule is CCC(C)(C)NC(=O)COC(=O)c1ccc2c(c1)C[C@@H](C)N2S(C)(=O)=O. The standard InChI is InChI=1S/C18H26N2O5S/c1-6-18(3,4)19-16(21)11-25-17(22)13-7-8-15-14(10-13)9-12(2)20(15)26(5,23)24/h7-8,10,12H,6,9,11H2,1-5H3,(H,19,21)/t12-/m1/s1. The highest BCUT2D eigenvalue weighted by atomic mass is 32.2. The number of nitrogens with zero attached hydrogens (tertiary/aromatic N) is 1. The average Bonchev–Trinajstić information content (AvgIpc) is 2.87. The first-order valence-electron chi connectivity index (χ1n) is 8.55. The van der Waals surface area contributed by atoms with E-state index in [0.717, 1.165) is 18.2 Å². The van der Waals surface area contributed by atoms with Gasteiger partial charge in [0.05, 0.1) is 17.5 Å². The predicted octanol–water partition coefficient (Wildman–Crippen LogP) is 1.86. The van der Waals surface area contributed by atoms with Crippen molar-refractivity contribution in [3.05, 3.63) is 29.3 Å². The quantitative estimate of drug-likeness (QED) is 0.758. The van der Waals surface area contributed by atoms with Crippen LogP contribution in [0.1, 0.15) is 50.0 Å². The second kappa shape index (κ2) is 7.26. The van der Waals surface area contributed by atoms with E-state index < -0.39 is 16.0 Å². The van der Waals surface area contributed by atoms with Gasteiger partial charge in [-0.3, -0.25) is 9.10 Å². The van der Waals surface area contributed by atoms with E-state index in [1.807, 2.05) is 27.7 Å². The lowest BCUT2D eigenvalue weighted by Crippen LogP contribution is -2.44. The van der Waals surface area contributed by atoms with Crippen LogP contribution in [0.5, 0.6) is 0 Å². The lowest BCUT2D eigenvalue weighted by atomic mass is 10.0. The van der Waals surface area contributed by atoms with Gasteiger partial charge in [-0.1, -0.05) is 6.92 Å². The zero-order chi connectivity index (χ0) is 19.7. The van der Waals surface area contributed by atoms with Crippen molar-refractivity contribution in [2.45, 2.75) is 52.1 Å². The van der Waals surface area contributed by atoms with E-state index >= 15 is 0 Å². The molecule has 0 radical (unpaired) electrons. The summed E-state index contributed by atoms with van der Waals surface area (Å²) < 4.78 is 30.3. The molecule has 1 atom stereocenters. The minimum absolute atomic E-state index is 0.201. The number of esters is 1. The van der Waals surface area contributed by atoms with Crippen LogP contribution in [-0.2, 0) is 26.0 Å². The third-order valence-electron chi connectivity index (χ3n) is 4.52. The average molecular weight is 382 g/mol. The van der Waals surface area contributed by atoms with Gasteiger partial charge in [-0.2, -0.15) is 0 Å². The molecule has 1 aromatic rings. The normalized spacial score (nSPS) is 17.0. The summed E-state index contributed by atoms with van der Waals surface area (Å²) in [5.74, 6) is -0.967. The summed E-state index contributed by atoms with van der Waals surface area (Å²) in [5, 5.41) is 2.79. The number of carbonyl (C=O) groups is 2. The molecule has 144 valence electrons. The van der Waals surface area contributed by atoms with Crippen molar-refractivity contribution in [3.63, 3.8) is 0 Å². The van der Waals surface area contributed by atoms with Gasteiger partial charge in [0.1, 0.15) is 0 Å². The zero-order valence-electron chi connectivity index (χ0n) is 15.8. The lowest BCUT2D eigenvalue weighted by molar-refractivity contribution is -0.125. The van der Waals surface area contributed by atoms with Gasteiger partial charge in [0.2, 0.25) is 10.0 Å². The lowest BCUT2D eigenvalue weighted by Gasteiger charge is -2.24. The molecule has 0 unspecified atom stereocenters. The number of sulfonamides is 1. The Labute approximate surface area is 154 Å². The maximum absolute atomic E-state index is 12.2. The highest BCUT2D eigenvalue weighted by molar-refractivity contribution is 7.92. The highest BCUT2D eigenvalue weighted by Gasteiger charge is 2.33. The maximum Gasteiger partial charge on any atom is 0.338 e. The Bertz CT molecular complexity index is 817. The molecule has 7 nitrogen and oxygen atoms in total. The Hall–Kier alpha value is -2.09. The van der Waals surface area contributed by atoms with Gasteiger partial charge in [-0.25, -0.2) is 13.2 Å². The van der Waals surface area contributed by atoms with E-state index in [9.17, 15) is 18.0 Å². The van der Waals surface area contributed by atoms with E-state index in [1.54, 1.807) is 12.1 Å². The van der Waals surface area contributed by atoms with Crippen LogP contribution in [0.25, 0.3) is 0 Å². The number of nitrogens with one attached hydrogen (secondary N) is 1. The molecule has 1 amide bonds. The fraction of sp³-hybridized carbons (Fsp3) is 0.556. The molecule has 0 aromatic heterocycles. The summed E-state index contributed by atoms with van der Waals surface area (Å²) in [6.07, 6.45) is 2.44. The van der Waals surface area contributed by atoms with Crippen LogP contribution in [0.4, 0.5) is 5.69 Å². The van der Waals surface area contributed by atoms with Gasteiger partial charge in [-0.05, 0) is 57.4 Å². The molecule has 0 fully saturated rings. The fourth-order valence-corrected chi connectivity index (χ4v) is 4.22. The topological polar surface area (TPSA) is 92.8 Å². The van der Waals surface area contributed by atoms with Crippen LogP contribution >= 0.6 is 0 Å². The van der Waals surface area contributed by atoms with E-state index in [1.165, 1.54) is 10.4 Å². The molecule has 0 aliphatic carbocycles. The van der Waals surface area contributed by atoms with Gasteiger partial charge in [0, 0.05) is 11.6 Å². The Kier molecular flexibility index (Phi) is 5.65. The summed E-state index contributed by atoms with van der Waals surface area (Å²) >= 11 is 0. The molecule has 8 heteroatoms. The van der Waals surface area contributed by atoms with Crippen molar-refractivity contribution < 1.29 is 22.7 Å². The summed E-state index contributed by atoms with van der Waals surface area (Å²) in [7, 11) is -3.38. The number of benzene rings is 1. The fourth-order valence-electron chi connectivity index (χ4n) is 2.95. The number of ether oxygens (including phenoxy) is 1.